The molecule has 2 aromatic carbocycles. The standard InChI is InChI=1S/C23H20ClNO4/c1-3-13-29-23-19(24)14-16(15-21(23)28-2)6-11-20(26)17-7-9-18(10-8-17)25-12-4-5-22(25)27/h1,6-11,14-15H,4-5,12-13H2,2H3/b11-6+. The number of halogens is 1. The summed E-state index contributed by atoms with van der Waals surface area (Å²) in [5.41, 5.74) is 2.03. The molecule has 0 saturated carbocycles. The summed E-state index contributed by atoms with van der Waals surface area (Å²) in [7, 11) is 1.50. The number of allylic oxidation sites excluding steroid dienone is 1. The molecular formula is C23H20ClNO4. The SMILES string of the molecule is C#CCOc1c(Cl)cc(/C=C/C(=O)c2ccc(N3CCCC3=O)cc2)cc1OC. The van der Waals surface area contributed by atoms with E-state index in [1.54, 1.807) is 47.4 Å². The van der Waals surface area contributed by atoms with Gasteiger partial charge in [-0.2, -0.15) is 0 Å². The van der Waals surface area contributed by atoms with E-state index in [0.29, 0.717) is 34.1 Å². The summed E-state index contributed by atoms with van der Waals surface area (Å²) < 4.78 is 10.7. The van der Waals surface area contributed by atoms with Gasteiger partial charge in [0.2, 0.25) is 5.91 Å². The molecule has 1 heterocycles. The Morgan fingerprint density at radius 3 is 2.69 bits per heavy atom. The Morgan fingerprint density at radius 1 is 1.31 bits per heavy atom. The first kappa shape index (κ1) is 20.5. The molecule has 5 nitrogen and oxygen atoms in total. The Morgan fingerprint density at radius 2 is 2.07 bits per heavy atom. The van der Waals surface area contributed by atoms with Crippen molar-refractivity contribution in [2.24, 2.45) is 0 Å². The molecule has 0 aliphatic carbocycles. The van der Waals surface area contributed by atoms with Gasteiger partial charge in [0.25, 0.3) is 0 Å². The van der Waals surface area contributed by atoms with Gasteiger partial charge in [0, 0.05) is 24.2 Å². The van der Waals surface area contributed by atoms with Crippen LogP contribution in [-0.4, -0.2) is 32.0 Å². The zero-order valence-corrected chi connectivity index (χ0v) is 16.7. The fraction of sp³-hybridized carbons (Fsp3) is 0.217. The maximum Gasteiger partial charge on any atom is 0.227 e. The topological polar surface area (TPSA) is 55.8 Å². The lowest BCUT2D eigenvalue weighted by Gasteiger charge is -2.15. The van der Waals surface area contributed by atoms with Crippen molar-refractivity contribution in [2.75, 3.05) is 25.2 Å². The number of nitrogens with zero attached hydrogens (tertiary/aromatic N) is 1. The molecule has 0 atom stereocenters. The van der Waals surface area contributed by atoms with Gasteiger partial charge in [-0.05, 0) is 54.5 Å². The lowest BCUT2D eigenvalue weighted by atomic mass is 10.1. The first-order valence-corrected chi connectivity index (χ1v) is 9.48. The second-order valence-corrected chi connectivity index (χ2v) is 6.83. The quantitative estimate of drug-likeness (QED) is 0.387. The average Bonchev–Trinajstić information content (AvgIpc) is 3.16. The van der Waals surface area contributed by atoms with Crippen LogP contribution in [0.5, 0.6) is 11.5 Å². The molecule has 3 rings (SSSR count). The molecule has 1 aliphatic rings. The number of hydrogen-bond acceptors (Lipinski definition) is 4. The lowest BCUT2D eigenvalue weighted by Crippen LogP contribution is -2.23. The van der Waals surface area contributed by atoms with Crippen LogP contribution in [-0.2, 0) is 4.79 Å². The van der Waals surface area contributed by atoms with Gasteiger partial charge in [0.1, 0.15) is 6.61 Å². The summed E-state index contributed by atoms with van der Waals surface area (Å²) >= 11 is 6.25. The van der Waals surface area contributed by atoms with Crippen molar-refractivity contribution < 1.29 is 19.1 Å². The monoisotopic (exact) mass is 409 g/mol. The van der Waals surface area contributed by atoms with E-state index in [0.717, 1.165) is 18.7 Å². The summed E-state index contributed by atoms with van der Waals surface area (Å²) in [5, 5.41) is 0.339. The predicted molar refractivity (Wildman–Crippen MR) is 114 cm³/mol. The van der Waals surface area contributed by atoms with E-state index in [1.165, 1.54) is 13.2 Å². The number of ether oxygens (including phenoxy) is 2. The van der Waals surface area contributed by atoms with E-state index < -0.39 is 0 Å². The van der Waals surface area contributed by atoms with E-state index in [4.69, 9.17) is 27.5 Å². The predicted octanol–water partition coefficient (Wildman–Crippen LogP) is 4.38. The maximum atomic E-state index is 12.5. The van der Waals surface area contributed by atoms with Crippen LogP contribution in [0.3, 0.4) is 0 Å². The molecule has 0 spiro atoms. The van der Waals surface area contributed by atoms with Crippen molar-refractivity contribution >= 4 is 35.1 Å². The number of ketones is 1. The highest BCUT2D eigenvalue weighted by atomic mass is 35.5. The Labute approximate surface area is 174 Å². The number of methoxy groups -OCH3 is 1. The first-order chi connectivity index (χ1) is 14.0. The highest BCUT2D eigenvalue weighted by Crippen LogP contribution is 2.36. The Bertz CT molecular complexity index is 989. The number of carbonyl (C=O) groups excluding carboxylic acids is 2. The number of carbonyl (C=O) groups is 2. The minimum atomic E-state index is -0.160. The van der Waals surface area contributed by atoms with Gasteiger partial charge in [0.05, 0.1) is 12.1 Å². The normalized spacial score (nSPS) is 13.6. The van der Waals surface area contributed by atoms with Gasteiger partial charge in [-0.15, -0.1) is 6.42 Å². The van der Waals surface area contributed by atoms with Crippen molar-refractivity contribution in [2.45, 2.75) is 12.8 Å². The zero-order valence-electron chi connectivity index (χ0n) is 16.0. The van der Waals surface area contributed by atoms with E-state index in [9.17, 15) is 9.59 Å². The molecule has 2 aromatic rings. The van der Waals surface area contributed by atoms with Gasteiger partial charge in [-0.25, -0.2) is 0 Å². The minimum absolute atomic E-state index is 0.0722. The number of benzene rings is 2. The van der Waals surface area contributed by atoms with Gasteiger partial charge >= 0.3 is 0 Å². The summed E-state index contributed by atoms with van der Waals surface area (Å²) in [6.07, 6.45) is 9.76. The van der Waals surface area contributed by atoms with Crippen molar-refractivity contribution in [1.29, 1.82) is 0 Å². The number of anilines is 1. The van der Waals surface area contributed by atoms with E-state index in [-0.39, 0.29) is 18.3 Å². The third-order valence-corrected chi connectivity index (χ3v) is 4.80. The fourth-order valence-corrected chi connectivity index (χ4v) is 3.36. The molecule has 6 heteroatoms. The molecule has 0 bridgehead atoms. The highest BCUT2D eigenvalue weighted by Gasteiger charge is 2.21. The van der Waals surface area contributed by atoms with Crippen molar-refractivity contribution in [3.05, 3.63) is 58.6 Å². The van der Waals surface area contributed by atoms with Crippen LogP contribution >= 0.6 is 11.6 Å². The summed E-state index contributed by atoms with van der Waals surface area (Å²) in [6, 6.07) is 10.4. The van der Waals surface area contributed by atoms with Crippen molar-refractivity contribution in [3.63, 3.8) is 0 Å². The number of terminal acetylenes is 1. The van der Waals surface area contributed by atoms with Crippen LogP contribution in [0, 0.1) is 12.3 Å². The van der Waals surface area contributed by atoms with Crippen LogP contribution in [0.2, 0.25) is 5.02 Å². The third kappa shape index (κ3) is 4.79. The van der Waals surface area contributed by atoms with E-state index >= 15 is 0 Å². The van der Waals surface area contributed by atoms with Crippen LogP contribution < -0.4 is 14.4 Å². The molecule has 0 unspecified atom stereocenters. The van der Waals surface area contributed by atoms with E-state index in [1.807, 2.05) is 0 Å². The first-order valence-electron chi connectivity index (χ1n) is 9.10. The van der Waals surface area contributed by atoms with E-state index in [2.05, 4.69) is 5.92 Å². The molecule has 1 saturated heterocycles. The zero-order chi connectivity index (χ0) is 20.8. The Kier molecular flexibility index (Phi) is 6.58. The Balaban J connectivity index is 1.74. The number of rotatable bonds is 7. The van der Waals surface area contributed by atoms with Crippen LogP contribution in [0.15, 0.2) is 42.5 Å². The summed E-state index contributed by atoms with van der Waals surface area (Å²) in [4.78, 5) is 26.0. The lowest BCUT2D eigenvalue weighted by molar-refractivity contribution is -0.117. The largest absolute Gasteiger partial charge is 0.493 e. The molecule has 1 amide bonds. The van der Waals surface area contributed by atoms with Crippen LogP contribution in [0.1, 0.15) is 28.8 Å². The van der Waals surface area contributed by atoms with Crippen molar-refractivity contribution in [1.82, 2.24) is 0 Å². The molecule has 0 N–H and O–H groups in total. The summed E-state index contributed by atoms with van der Waals surface area (Å²) in [5.74, 6) is 3.12. The van der Waals surface area contributed by atoms with Crippen LogP contribution in [0.4, 0.5) is 5.69 Å². The molecule has 29 heavy (non-hydrogen) atoms. The third-order valence-electron chi connectivity index (χ3n) is 4.52. The molecule has 1 fully saturated rings. The smallest absolute Gasteiger partial charge is 0.227 e. The molecule has 148 valence electrons. The summed E-state index contributed by atoms with van der Waals surface area (Å²) in [6.45, 7) is 0.790. The van der Waals surface area contributed by atoms with Gasteiger partial charge in [-0.1, -0.05) is 23.6 Å². The number of hydrogen-bond donors (Lipinski definition) is 0. The fourth-order valence-electron chi connectivity index (χ4n) is 3.08. The van der Waals surface area contributed by atoms with Gasteiger partial charge < -0.3 is 14.4 Å². The molecule has 1 aliphatic heterocycles. The molecular weight excluding hydrogens is 390 g/mol. The number of amides is 1. The second kappa shape index (κ2) is 9.31. The minimum Gasteiger partial charge on any atom is -0.493 e. The van der Waals surface area contributed by atoms with Crippen molar-refractivity contribution in [3.8, 4) is 23.8 Å². The second-order valence-electron chi connectivity index (χ2n) is 6.42. The van der Waals surface area contributed by atoms with Crippen LogP contribution in [0.25, 0.3) is 6.08 Å². The molecule has 0 radical (unpaired) electrons. The van der Waals surface area contributed by atoms with Gasteiger partial charge in [-0.3, -0.25) is 9.59 Å². The highest BCUT2D eigenvalue weighted by molar-refractivity contribution is 6.32. The molecule has 0 aromatic heterocycles. The maximum absolute atomic E-state index is 12.5. The Hall–Kier alpha value is -3.23. The average molecular weight is 410 g/mol. The van der Waals surface area contributed by atoms with Gasteiger partial charge in [0.15, 0.2) is 17.3 Å².